The van der Waals surface area contributed by atoms with Gasteiger partial charge in [-0.25, -0.2) is 28.4 Å². The summed E-state index contributed by atoms with van der Waals surface area (Å²) in [5.41, 5.74) is 2.23. The summed E-state index contributed by atoms with van der Waals surface area (Å²) in [7, 11) is -3.51. The summed E-state index contributed by atoms with van der Waals surface area (Å²) in [5, 5.41) is 6.70. The highest BCUT2D eigenvalue weighted by Gasteiger charge is 2.15. The van der Waals surface area contributed by atoms with Crippen molar-refractivity contribution in [2.75, 3.05) is 18.2 Å². The van der Waals surface area contributed by atoms with Crippen LogP contribution >= 0.6 is 0 Å². The lowest BCUT2D eigenvalue weighted by Crippen LogP contribution is -2.22. The van der Waals surface area contributed by atoms with E-state index in [2.05, 4.69) is 30.4 Å². The molecule has 11 nitrogen and oxygen atoms in total. The quantitative estimate of drug-likeness (QED) is 0.576. The molecule has 0 aliphatic heterocycles. The normalized spacial score (nSPS) is 11.3. The van der Waals surface area contributed by atoms with Gasteiger partial charge in [-0.1, -0.05) is 0 Å². The van der Waals surface area contributed by atoms with Crippen LogP contribution in [-0.2, 0) is 14.6 Å². The molecule has 1 N–H and O–H groups in total. The van der Waals surface area contributed by atoms with E-state index in [0.29, 0.717) is 17.5 Å². The zero-order chi connectivity index (χ0) is 21.2. The van der Waals surface area contributed by atoms with Crippen LogP contribution in [0.5, 0.6) is 5.75 Å². The van der Waals surface area contributed by atoms with Crippen molar-refractivity contribution in [3.63, 3.8) is 0 Å². The highest BCUT2D eigenvalue weighted by Crippen LogP contribution is 2.15. The second kappa shape index (κ2) is 7.91. The summed E-state index contributed by atoms with van der Waals surface area (Å²) in [6.07, 6.45) is 3.38. The van der Waals surface area contributed by atoms with Gasteiger partial charge < -0.3 is 10.1 Å². The number of rotatable bonds is 6. The molecule has 0 saturated heterocycles. The zero-order valence-electron chi connectivity index (χ0n) is 16.2. The van der Waals surface area contributed by atoms with E-state index in [0.717, 1.165) is 17.6 Å². The maximum atomic E-state index is 12.3. The number of carbonyl (C=O) groups excluding carboxylic acids is 1. The minimum Gasteiger partial charge on any atom is -0.481 e. The predicted molar refractivity (Wildman–Crippen MR) is 103 cm³/mol. The highest BCUT2D eigenvalue weighted by atomic mass is 32.2. The molecule has 3 aromatic heterocycles. The fraction of sp³-hybridized carbons (Fsp3) is 0.294. The molecule has 0 atom stereocenters. The van der Waals surface area contributed by atoms with Crippen LogP contribution in [0.15, 0.2) is 29.7 Å². The smallest absolute Gasteiger partial charge is 0.263 e. The zero-order valence-corrected chi connectivity index (χ0v) is 17.1. The Bertz CT molecular complexity index is 1140. The third kappa shape index (κ3) is 5.10. The molecule has 1 amide bonds. The number of ether oxygens (including phenoxy) is 1. The molecule has 0 unspecified atom stereocenters. The van der Waals surface area contributed by atoms with E-state index in [-0.39, 0.29) is 17.5 Å². The molecule has 3 heterocycles. The minimum absolute atomic E-state index is 0.162. The maximum absolute atomic E-state index is 12.3. The third-order valence-corrected chi connectivity index (χ3v) is 4.44. The first-order chi connectivity index (χ1) is 13.6. The molecule has 12 heteroatoms. The Morgan fingerprint density at radius 1 is 1.07 bits per heavy atom. The van der Waals surface area contributed by atoms with E-state index in [9.17, 15) is 13.2 Å². The number of carbonyl (C=O) groups is 1. The number of aromatic nitrogens is 6. The summed E-state index contributed by atoms with van der Waals surface area (Å²) in [6, 6.07) is 3.52. The first kappa shape index (κ1) is 20.3. The summed E-state index contributed by atoms with van der Waals surface area (Å²) in [4.78, 5) is 28.4. The molecule has 29 heavy (non-hydrogen) atoms. The molecule has 3 aromatic rings. The fourth-order valence-electron chi connectivity index (χ4n) is 2.44. The van der Waals surface area contributed by atoms with Crippen LogP contribution in [0.25, 0.3) is 5.95 Å². The summed E-state index contributed by atoms with van der Waals surface area (Å²) in [5.74, 6) is 0.443. The molecule has 0 bridgehead atoms. The van der Waals surface area contributed by atoms with Gasteiger partial charge in [0.05, 0.1) is 18.1 Å². The van der Waals surface area contributed by atoms with Gasteiger partial charge >= 0.3 is 0 Å². The van der Waals surface area contributed by atoms with Gasteiger partial charge in [0.25, 0.3) is 11.9 Å². The molecule has 0 radical (unpaired) electrons. The average molecular weight is 417 g/mol. The van der Waals surface area contributed by atoms with Gasteiger partial charge in [0.1, 0.15) is 5.82 Å². The first-order valence-corrected chi connectivity index (χ1v) is 10.3. The molecule has 0 aromatic carbocycles. The Kier molecular flexibility index (Phi) is 5.55. The van der Waals surface area contributed by atoms with Gasteiger partial charge in [0.2, 0.25) is 15.0 Å². The second-order valence-electron chi connectivity index (χ2n) is 6.34. The van der Waals surface area contributed by atoms with Gasteiger partial charge in [-0.2, -0.15) is 9.78 Å². The number of nitrogens with one attached hydrogen (secondary N) is 1. The van der Waals surface area contributed by atoms with E-state index >= 15 is 0 Å². The van der Waals surface area contributed by atoms with Crippen molar-refractivity contribution in [2.45, 2.75) is 25.9 Å². The minimum atomic E-state index is -3.51. The van der Waals surface area contributed by atoms with Crippen LogP contribution in [0.3, 0.4) is 0 Å². The van der Waals surface area contributed by atoms with Crippen LogP contribution < -0.4 is 10.1 Å². The summed E-state index contributed by atoms with van der Waals surface area (Å²) in [6.45, 7) is 5.14. The Morgan fingerprint density at radius 2 is 1.69 bits per heavy atom. The molecule has 152 valence electrons. The van der Waals surface area contributed by atoms with Crippen LogP contribution in [0.4, 0.5) is 5.82 Å². The number of nitrogens with zero attached hydrogens (tertiary/aromatic N) is 6. The Morgan fingerprint density at radius 3 is 2.28 bits per heavy atom. The van der Waals surface area contributed by atoms with E-state index in [1.807, 2.05) is 19.9 Å². The molecular weight excluding hydrogens is 398 g/mol. The molecule has 0 aliphatic rings. The van der Waals surface area contributed by atoms with Gasteiger partial charge in [0.15, 0.2) is 12.4 Å². The van der Waals surface area contributed by atoms with Crippen LogP contribution in [-0.4, -0.2) is 56.9 Å². The van der Waals surface area contributed by atoms with Crippen molar-refractivity contribution < 1.29 is 17.9 Å². The molecule has 0 fully saturated rings. The topological polar surface area (TPSA) is 142 Å². The van der Waals surface area contributed by atoms with Crippen molar-refractivity contribution in [2.24, 2.45) is 0 Å². The molecule has 0 aliphatic carbocycles. The number of anilines is 1. The van der Waals surface area contributed by atoms with Crippen LogP contribution in [0.1, 0.15) is 17.1 Å². The number of sulfone groups is 1. The Hall–Kier alpha value is -3.41. The maximum Gasteiger partial charge on any atom is 0.263 e. The predicted octanol–water partition coefficient (Wildman–Crippen LogP) is 0.799. The molecule has 0 saturated carbocycles. The Labute approximate surface area is 167 Å². The van der Waals surface area contributed by atoms with Gasteiger partial charge in [0, 0.05) is 23.7 Å². The fourth-order valence-corrected chi connectivity index (χ4v) is 2.93. The van der Waals surface area contributed by atoms with Crippen molar-refractivity contribution in [1.29, 1.82) is 0 Å². The Balaban J connectivity index is 1.70. The number of amides is 1. The van der Waals surface area contributed by atoms with Gasteiger partial charge in [-0.3, -0.25) is 4.79 Å². The molecule has 3 rings (SSSR count). The standard InChI is InChI=1S/C17H19N7O4S/c1-10-5-11(2)21-16(20-10)24-14(6-12(3)23-24)22-15(25)9-28-13-7-18-17(19-8-13)29(4,26)27/h5-8H,9H2,1-4H3,(H,22,25). The number of aryl methyl sites for hydroxylation is 3. The highest BCUT2D eigenvalue weighted by molar-refractivity contribution is 7.90. The molecular formula is C17H19N7O4S. The monoisotopic (exact) mass is 417 g/mol. The number of hydrogen-bond donors (Lipinski definition) is 1. The largest absolute Gasteiger partial charge is 0.481 e. The first-order valence-electron chi connectivity index (χ1n) is 8.46. The SMILES string of the molecule is Cc1cc(C)nc(-n2nc(C)cc2NC(=O)COc2cnc(S(C)(=O)=O)nc2)n1. The van der Waals surface area contributed by atoms with Crippen LogP contribution in [0, 0.1) is 20.8 Å². The second-order valence-corrected chi connectivity index (χ2v) is 8.25. The lowest BCUT2D eigenvalue weighted by Gasteiger charge is -2.09. The van der Waals surface area contributed by atoms with Crippen molar-refractivity contribution in [3.8, 4) is 11.7 Å². The van der Waals surface area contributed by atoms with Crippen LogP contribution in [0.2, 0.25) is 0 Å². The number of hydrogen-bond acceptors (Lipinski definition) is 9. The molecule has 0 spiro atoms. The lowest BCUT2D eigenvalue weighted by atomic mass is 10.4. The lowest BCUT2D eigenvalue weighted by molar-refractivity contribution is -0.118. The van der Waals surface area contributed by atoms with Crippen molar-refractivity contribution in [3.05, 3.63) is 41.6 Å². The van der Waals surface area contributed by atoms with Gasteiger partial charge in [-0.05, 0) is 26.8 Å². The third-order valence-electron chi connectivity index (χ3n) is 3.56. The van der Waals surface area contributed by atoms with E-state index in [1.165, 1.54) is 17.1 Å². The average Bonchev–Trinajstić information content (AvgIpc) is 2.99. The van der Waals surface area contributed by atoms with E-state index in [1.54, 1.807) is 13.0 Å². The summed E-state index contributed by atoms with van der Waals surface area (Å²) >= 11 is 0. The van der Waals surface area contributed by atoms with E-state index in [4.69, 9.17) is 4.74 Å². The van der Waals surface area contributed by atoms with E-state index < -0.39 is 15.7 Å². The van der Waals surface area contributed by atoms with Gasteiger partial charge in [-0.15, -0.1) is 0 Å². The summed E-state index contributed by atoms with van der Waals surface area (Å²) < 4.78 is 29.5. The van der Waals surface area contributed by atoms with Crippen molar-refractivity contribution >= 4 is 21.6 Å². The van der Waals surface area contributed by atoms with Crippen molar-refractivity contribution in [1.82, 2.24) is 29.7 Å².